The van der Waals surface area contributed by atoms with E-state index in [1.165, 1.54) is 0 Å². The summed E-state index contributed by atoms with van der Waals surface area (Å²) in [6.45, 7) is 5.14. The minimum atomic E-state index is -0.209. The number of aromatic nitrogens is 2. The van der Waals surface area contributed by atoms with Crippen LogP contribution in [0.2, 0.25) is 0 Å². The van der Waals surface area contributed by atoms with Crippen LogP contribution in [0.4, 0.5) is 5.69 Å². The SMILES string of the molecule is CCC(C)CNc1cn[nH]c(=O)c1Br. The Hall–Kier alpha value is -0.840. The molecule has 0 aliphatic heterocycles. The lowest BCUT2D eigenvalue weighted by molar-refractivity contribution is 0.593. The second kappa shape index (κ2) is 5.14. The predicted octanol–water partition coefficient (Wildman–Crippen LogP) is 1.99. The third kappa shape index (κ3) is 2.83. The van der Waals surface area contributed by atoms with Crippen molar-refractivity contribution < 1.29 is 0 Å². The lowest BCUT2D eigenvalue weighted by atomic mass is 10.1. The molecule has 5 heteroatoms. The van der Waals surface area contributed by atoms with Crippen molar-refractivity contribution >= 4 is 21.6 Å². The van der Waals surface area contributed by atoms with Crippen molar-refractivity contribution in [3.63, 3.8) is 0 Å². The van der Waals surface area contributed by atoms with Gasteiger partial charge in [-0.05, 0) is 21.8 Å². The minimum Gasteiger partial charge on any atom is -0.382 e. The van der Waals surface area contributed by atoms with Gasteiger partial charge in [-0.15, -0.1) is 0 Å². The highest BCUT2D eigenvalue weighted by Gasteiger charge is 2.04. The Morgan fingerprint density at radius 1 is 1.71 bits per heavy atom. The van der Waals surface area contributed by atoms with E-state index in [9.17, 15) is 4.79 Å². The maximum absolute atomic E-state index is 11.1. The molecule has 1 aromatic rings. The molecule has 0 saturated carbocycles. The zero-order chi connectivity index (χ0) is 10.6. The zero-order valence-electron chi connectivity index (χ0n) is 8.30. The van der Waals surface area contributed by atoms with Gasteiger partial charge in [0.1, 0.15) is 4.47 Å². The molecule has 0 fully saturated rings. The first-order valence-electron chi connectivity index (χ1n) is 4.62. The molecule has 1 rings (SSSR count). The number of hydrogen-bond acceptors (Lipinski definition) is 3. The van der Waals surface area contributed by atoms with E-state index < -0.39 is 0 Å². The first-order valence-corrected chi connectivity index (χ1v) is 5.41. The normalized spacial score (nSPS) is 12.5. The minimum absolute atomic E-state index is 0.209. The van der Waals surface area contributed by atoms with E-state index in [1.54, 1.807) is 6.20 Å². The van der Waals surface area contributed by atoms with Crippen LogP contribution in [-0.4, -0.2) is 16.7 Å². The van der Waals surface area contributed by atoms with Gasteiger partial charge in [-0.1, -0.05) is 20.3 Å². The fraction of sp³-hybridized carbons (Fsp3) is 0.556. The molecule has 0 aromatic carbocycles. The van der Waals surface area contributed by atoms with Crippen LogP contribution in [0.3, 0.4) is 0 Å². The molecule has 14 heavy (non-hydrogen) atoms. The maximum Gasteiger partial charge on any atom is 0.280 e. The summed E-state index contributed by atoms with van der Waals surface area (Å²) in [5.74, 6) is 0.584. The van der Waals surface area contributed by atoms with Crippen LogP contribution in [-0.2, 0) is 0 Å². The lowest BCUT2D eigenvalue weighted by Crippen LogP contribution is -2.15. The van der Waals surface area contributed by atoms with Crippen LogP contribution in [0.25, 0.3) is 0 Å². The highest BCUT2D eigenvalue weighted by molar-refractivity contribution is 9.10. The van der Waals surface area contributed by atoms with Crippen LogP contribution in [0.15, 0.2) is 15.5 Å². The molecule has 1 aromatic heterocycles. The monoisotopic (exact) mass is 259 g/mol. The summed E-state index contributed by atoms with van der Waals surface area (Å²) in [4.78, 5) is 11.1. The van der Waals surface area contributed by atoms with Gasteiger partial charge in [0.2, 0.25) is 0 Å². The number of rotatable bonds is 4. The van der Waals surface area contributed by atoms with Crippen LogP contribution in [0.5, 0.6) is 0 Å². The molecular weight excluding hydrogens is 246 g/mol. The van der Waals surface area contributed by atoms with Crippen molar-refractivity contribution in [3.8, 4) is 0 Å². The van der Waals surface area contributed by atoms with E-state index in [2.05, 4.69) is 45.3 Å². The van der Waals surface area contributed by atoms with E-state index in [1.807, 2.05) is 0 Å². The van der Waals surface area contributed by atoms with Gasteiger partial charge in [0, 0.05) is 6.54 Å². The summed E-state index contributed by atoms with van der Waals surface area (Å²) >= 11 is 3.21. The number of aromatic amines is 1. The second-order valence-corrected chi connectivity index (χ2v) is 4.11. The Kier molecular flexibility index (Phi) is 4.13. The molecule has 1 unspecified atom stereocenters. The quantitative estimate of drug-likeness (QED) is 0.870. The molecule has 0 amide bonds. The fourth-order valence-electron chi connectivity index (χ4n) is 0.935. The third-order valence-electron chi connectivity index (χ3n) is 2.13. The van der Waals surface area contributed by atoms with Crippen LogP contribution >= 0.6 is 15.9 Å². The number of H-pyrrole nitrogens is 1. The van der Waals surface area contributed by atoms with Crippen LogP contribution in [0.1, 0.15) is 20.3 Å². The molecule has 0 aliphatic rings. The molecule has 0 aliphatic carbocycles. The molecule has 1 heterocycles. The molecule has 0 spiro atoms. The topological polar surface area (TPSA) is 57.8 Å². The van der Waals surface area contributed by atoms with Crippen molar-refractivity contribution in [1.82, 2.24) is 10.2 Å². The van der Waals surface area contributed by atoms with Crippen molar-refractivity contribution in [2.24, 2.45) is 5.92 Å². The first kappa shape index (κ1) is 11.2. The number of hydrogen-bond donors (Lipinski definition) is 2. The van der Waals surface area contributed by atoms with Crippen molar-refractivity contribution in [2.75, 3.05) is 11.9 Å². The van der Waals surface area contributed by atoms with Gasteiger partial charge in [0.25, 0.3) is 5.56 Å². The van der Waals surface area contributed by atoms with Gasteiger partial charge in [-0.25, -0.2) is 5.10 Å². The average Bonchev–Trinajstić information content (AvgIpc) is 2.20. The third-order valence-corrected chi connectivity index (χ3v) is 2.92. The van der Waals surface area contributed by atoms with Gasteiger partial charge in [0.15, 0.2) is 0 Å². The zero-order valence-corrected chi connectivity index (χ0v) is 9.89. The Bertz CT molecular complexity index is 350. The largest absolute Gasteiger partial charge is 0.382 e. The molecule has 2 N–H and O–H groups in total. The van der Waals surface area contributed by atoms with E-state index in [0.717, 1.165) is 18.7 Å². The number of nitrogens with one attached hydrogen (secondary N) is 2. The highest BCUT2D eigenvalue weighted by atomic mass is 79.9. The first-order chi connectivity index (χ1) is 6.65. The van der Waals surface area contributed by atoms with Gasteiger partial charge in [-0.2, -0.15) is 5.10 Å². The molecule has 0 bridgehead atoms. The summed E-state index contributed by atoms with van der Waals surface area (Å²) in [7, 11) is 0. The van der Waals surface area contributed by atoms with Gasteiger partial charge in [0.05, 0.1) is 11.9 Å². The summed E-state index contributed by atoms with van der Waals surface area (Å²) in [6.07, 6.45) is 2.72. The fourth-order valence-corrected chi connectivity index (χ4v) is 1.27. The molecular formula is C9H14BrN3O. The summed E-state index contributed by atoms with van der Waals surface area (Å²) in [6, 6.07) is 0. The molecule has 1 atom stereocenters. The molecule has 4 nitrogen and oxygen atoms in total. The summed E-state index contributed by atoms with van der Waals surface area (Å²) in [5, 5.41) is 9.24. The number of halogens is 1. The maximum atomic E-state index is 11.1. The predicted molar refractivity (Wildman–Crippen MR) is 60.5 cm³/mol. The Morgan fingerprint density at radius 2 is 2.43 bits per heavy atom. The second-order valence-electron chi connectivity index (χ2n) is 3.32. The van der Waals surface area contributed by atoms with E-state index in [4.69, 9.17) is 0 Å². The van der Waals surface area contributed by atoms with Gasteiger partial charge >= 0.3 is 0 Å². The summed E-state index contributed by atoms with van der Waals surface area (Å²) in [5.41, 5.74) is 0.535. The van der Waals surface area contributed by atoms with Crippen molar-refractivity contribution in [1.29, 1.82) is 0 Å². The molecule has 0 saturated heterocycles. The van der Waals surface area contributed by atoms with Crippen molar-refractivity contribution in [3.05, 3.63) is 21.0 Å². The Morgan fingerprint density at radius 3 is 3.07 bits per heavy atom. The van der Waals surface area contributed by atoms with Crippen LogP contribution < -0.4 is 10.9 Å². The Balaban J connectivity index is 2.68. The van der Waals surface area contributed by atoms with Crippen LogP contribution in [0, 0.1) is 5.92 Å². The lowest BCUT2D eigenvalue weighted by Gasteiger charge is -2.11. The standard InChI is InChI=1S/C9H14BrN3O/c1-3-6(2)4-11-7-5-12-13-9(14)8(7)10/h5-6H,3-4H2,1-2H3,(H2,11,13,14). The highest BCUT2D eigenvalue weighted by Crippen LogP contribution is 2.15. The molecule has 0 radical (unpaired) electrons. The number of anilines is 1. The molecule has 78 valence electrons. The van der Waals surface area contributed by atoms with Gasteiger partial charge in [-0.3, -0.25) is 4.79 Å². The summed E-state index contributed by atoms with van der Waals surface area (Å²) < 4.78 is 0.510. The number of nitrogens with zero attached hydrogens (tertiary/aromatic N) is 1. The van der Waals surface area contributed by atoms with Crippen molar-refractivity contribution in [2.45, 2.75) is 20.3 Å². The smallest absolute Gasteiger partial charge is 0.280 e. The average molecular weight is 260 g/mol. The van der Waals surface area contributed by atoms with E-state index in [-0.39, 0.29) is 5.56 Å². The Labute approximate surface area is 91.2 Å². The van der Waals surface area contributed by atoms with E-state index in [0.29, 0.717) is 10.4 Å². The van der Waals surface area contributed by atoms with E-state index >= 15 is 0 Å². The van der Waals surface area contributed by atoms with Gasteiger partial charge < -0.3 is 5.32 Å².